The summed E-state index contributed by atoms with van der Waals surface area (Å²) in [7, 11) is 1.57. The highest BCUT2D eigenvalue weighted by atomic mass is 19.1. The van der Waals surface area contributed by atoms with Crippen molar-refractivity contribution in [3.8, 4) is 16.8 Å². The number of allylic oxidation sites excluding steroid dienone is 1. The average molecular weight is 555 g/mol. The minimum atomic E-state index is -0.697. The first-order valence-electron chi connectivity index (χ1n) is 12.8. The first kappa shape index (κ1) is 27.4. The third-order valence-corrected chi connectivity index (χ3v) is 6.84. The number of aliphatic hydroxyl groups is 1. The molecule has 0 aliphatic heterocycles. The Morgan fingerprint density at radius 3 is 2.59 bits per heavy atom. The van der Waals surface area contributed by atoms with Crippen LogP contribution in [0.15, 0.2) is 82.0 Å². The van der Waals surface area contributed by atoms with E-state index in [2.05, 4.69) is 22.0 Å². The molecule has 2 N–H and O–H groups in total. The van der Waals surface area contributed by atoms with Crippen LogP contribution in [0.5, 0.6) is 0 Å². The van der Waals surface area contributed by atoms with Crippen LogP contribution < -0.4 is 22.1 Å². The van der Waals surface area contributed by atoms with Crippen molar-refractivity contribution in [3.63, 3.8) is 0 Å². The van der Waals surface area contributed by atoms with Crippen molar-refractivity contribution < 1.29 is 9.50 Å². The Bertz CT molecular complexity index is 2030. The van der Waals surface area contributed by atoms with Gasteiger partial charge in [0.15, 0.2) is 0 Å². The van der Waals surface area contributed by atoms with Crippen molar-refractivity contribution >= 4 is 27.9 Å². The van der Waals surface area contributed by atoms with E-state index in [4.69, 9.17) is 0 Å². The van der Waals surface area contributed by atoms with E-state index in [1.165, 1.54) is 21.4 Å². The van der Waals surface area contributed by atoms with Gasteiger partial charge in [-0.3, -0.25) is 14.2 Å². The minimum Gasteiger partial charge on any atom is -0.392 e. The van der Waals surface area contributed by atoms with Crippen LogP contribution in [0.3, 0.4) is 0 Å². The van der Waals surface area contributed by atoms with Gasteiger partial charge in [-0.2, -0.15) is 14.8 Å². The Kier molecular flexibility index (Phi) is 7.21. The quantitative estimate of drug-likeness (QED) is 0.314. The zero-order valence-electron chi connectivity index (χ0n) is 22.7. The maximum atomic E-state index is 15.1. The fraction of sp³-hybridized carbons (Fsp3) is 0.167. The maximum absolute atomic E-state index is 15.1. The molecule has 208 valence electrons. The average Bonchev–Trinajstić information content (AvgIpc) is 2.95. The Morgan fingerprint density at radius 2 is 1.90 bits per heavy atom. The third-order valence-electron chi connectivity index (χ3n) is 6.84. The van der Waals surface area contributed by atoms with Gasteiger partial charge in [0.05, 0.1) is 23.9 Å². The molecule has 41 heavy (non-hydrogen) atoms. The number of pyridine rings is 1. The van der Waals surface area contributed by atoms with Gasteiger partial charge in [0.2, 0.25) is 0 Å². The number of halogens is 1. The molecule has 0 aliphatic carbocycles. The highest BCUT2D eigenvalue weighted by Gasteiger charge is 2.18. The molecule has 0 fully saturated rings. The molecule has 0 radical (unpaired) electrons. The molecular formula is C30H27FN6O4. The standard InChI is InChI=1S/C30H27FN6O4/c1-5-36-10-9-26(34-30(36)41)33-24-13-20(15-35(4)28(24)39)21-7-6-8-25(22(21)16-38)37-29(40)27-19(14-32-37)11-18(17(2)3)12-23(27)31/h6-15,38H,2,5,16H2,1,3-4H3,(H,33,34,41). The molecule has 11 heteroatoms. The van der Waals surface area contributed by atoms with Gasteiger partial charge < -0.3 is 15.0 Å². The van der Waals surface area contributed by atoms with E-state index in [0.29, 0.717) is 39.8 Å². The zero-order chi connectivity index (χ0) is 29.4. The van der Waals surface area contributed by atoms with Gasteiger partial charge in [-0.15, -0.1) is 0 Å². The summed E-state index contributed by atoms with van der Waals surface area (Å²) in [5.41, 5.74) is 1.51. The first-order valence-corrected chi connectivity index (χ1v) is 12.8. The molecule has 5 rings (SSSR count). The number of aryl methyl sites for hydroxylation is 2. The fourth-order valence-corrected chi connectivity index (χ4v) is 4.69. The number of nitrogens with one attached hydrogen (secondary N) is 1. The molecule has 3 aromatic heterocycles. The molecule has 10 nitrogen and oxygen atoms in total. The van der Waals surface area contributed by atoms with Crippen LogP contribution in [0, 0.1) is 5.82 Å². The van der Waals surface area contributed by atoms with Crippen LogP contribution in [0.2, 0.25) is 0 Å². The van der Waals surface area contributed by atoms with E-state index in [1.54, 1.807) is 62.8 Å². The zero-order valence-corrected chi connectivity index (χ0v) is 22.7. The number of nitrogens with zero attached hydrogens (tertiary/aromatic N) is 5. The Morgan fingerprint density at radius 1 is 1.12 bits per heavy atom. The lowest BCUT2D eigenvalue weighted by Crippen LogP contribution is -2.24. The Labute approximate surface area is 233 Å². The number of aliphatic hydroxyl groups excluding tert-OH is 1. The number of anilines is 2. The second-order valence-corrected chi connectivity index (χ2v) is 9.59. The van der Waals surface area contributed by atoms with Crippen molar-refractivity contribution in [2.24, 2.45) is 7.05 Å². The van der Waals surface area contributed by atoms with Gasteiger partial charge in [-0.05, 0) is 55.3 Å². The molecule has 0 amide bonds. The number of hydrogen-bond acceptors (Lipinski definition) is 7. The van der Waals surface area contributed by atoms with Gasteiger partial charge in [-0.1, -0.05) is 24.3 Å². The minimum absolute atomic E-state index is 0.134. The molecule has 0 atom stereocenters. The Balaban J connectivity index is 1.64. The summed E-state index contributed by atoms with van der Waals surface area (Å²) in [5, 5.41) is 17.8. The van der Waals surface area contributed by atoms with E-state index >= 15 is 4.39 Å². The lowest BCUT2D eigenvalue weighted by Gasteiger charge is -2.16. The first-order chi connectivity index (χ1) is 19.6. The summed E-state index contributed by atoms with van der Waals surface area (Å²) >= 11 is 0. The molecule has 0 saturated heterocycles. The van der Waals surface area contributed by atoms with E-state index in [0.717, 1.165) is 4.68 Å². The smallest absolute Gasteiger partial charge is 0.349 e. The summed E-state index contributed by atoms with van der Waals surface area (Å²) in [6, 6.07) is 11.1. The highest BCUT2D eigenvalue weighted by molar-refractivity contribution is 5.85. The second kappa shape index (κ2) is 10.8. The lowest BCUT2D eigenvalue weighted by molar-refractivity contribution is 0.282. The van der Waals surface area contributed by atoms with Crippen molar-refractivity contribution in [2.75, 3.05) is 5.32 Å². The van der Waals surface area contributed by atoms with Crippen molar-refractivity contribution in [1.82, 2.24) is 23.9 Å². The predicted octanol–water partition coefficient (Wildman–Crippen LogP) is 3.74. The van der Waals surface area contributed by atoms with E-state index in [9.17, 15) is 19.5 Å². The number of benzene rings is 2. The topological polar surface area (TPSA) is 124 Å². The predicted molar refractivity (Wildman–Crippen MR) is 156 cm³/mol. The van der Waals surface area contributed by atoms with Gasteiger partial charge in [0.25, 0.3) is 11.1 Å². The van der Waals surface area contributed by atoms with E-state index < -0.39 is 23.7 Å². The number of hydrogen-bond donors (Lipinski definition) is 2. The Hall–Kier alpha value is -5.16. The molecular weight excluding hydrogens is 527 g/mol. The molecule has 0 aliphatic rings. The SMILES string of the molecule is C=C(C)c1cc(F)c2c(=O)n(-c3cccc(-c4cc(Nc5ccn(CC)c(=O)n5)c(=O)n(C)c4)c3CO)ncc2c1. The van der Waals surface area contributed by atoms with Crippen LogP contribution in [0.4, 0.5) is 15.9 Å². The fourth-order valence-electron chi connectivity index (χ4n) is 4.69. The van der Waals surface area contributed by atoms with E-state index in [1.807, 2.05) is 6.92 Å². The number of aromatic nitrogens is 5. The third kappa shape index (κ3) is 4.98. The van der Waals surface area contributed by atoms with Crippen LogP contribution in [-0.2, 0) is 20.2 Å². The maximum Gasteiger partial charge on any atom is 0.349 e. The van der Waals surface area contributed by atoms with Crippen LogP contribution >= 0.6 is 0 Å². The lowest BCUT2D eigenvalue weighted by atomic mass is 9.99. The van der Waals surface area contributed by atoms with Crippen molar-refractivity contribution in [1.29, 1.82) is 0 Å². The summed E-state index contributed by atoms with van der Waals surface area (Å²) in [5.74, 6) is -0.494. The summed E-state index contributed by atoms with van der Waals surface area (Å²) in [6.45, 7) is 7.38. The van der Waals surface area contributed by atoms with Gasteiger partial charge >= 0.3 is 5.69 Å². The molecule has 2 aromatic carbocycles. The largest absolute Gasteiger partial charge is 0.392 e. The molecule has 0 unspecified atom stereocenters. The molecule has 5 aromatic rings. The van der Waals surface area contributed by atoms with Crippen LogP contribution in [0.25, 0.3) is 33.2 Å². The summed E-state index contributed by atoms with van der Waals surface area (Å²) < 4.78 is 18.9. The van der Waals surface area contributed by atoms with Crippen LogP contribution in [0.1, 0.15) is 25.0 Å². The van der Waals surface area contributed by atoms with Crippen LogP contribution in [-0.4, -0.2) is 29.0 Å². The highest BCUT2D eigenvalue weighted by Crippen LogP contribution is 2.30. The van der Waals surface area contributed by atoms with Crippen molar-refractivity contribution in [2.45, 2.75) is 27.0 Å². The molecule has 0 spiro atoms. The van der Waals surface area contributed by atoms with Gasteiger partial charge in [0, 0.05) is 42.5 Å². The monoisotopic (exact) mass is 554 g/mol. The number of rotatable bonds is 7. The van der Waals surface area contributed by atoms with Crippen molar-refractivity contribution in [3.05, 3.63) is 116 Å². The van der Waals surface area contributed by atoms with Gasteiger partial charge in [-0.25, -0.2) is 9.18 Å². The molecule has 0 bridgehead atoms. The summed E-state index contributed by atoms with van der Waals surface area (Å²) in [6.07, 6.45) is 4.56. The summed E-state index contributed by atoms with van der Waals surface area (Å²) in [4.78, 5) is 42.5. The van der Waals surface area contributed by atoms with E-state index in [-0.39, 0.29) is 28.1 Å². The molecule has 0 saturated carbocycles. The molecule has 3 heterocycles. The van der Waals surface area contributed by atoms with Gasteiger partial charge in [0.1, 0.15) is 17.3 Å². The normalized spacial score (nSPS) is 11.1. The second-order valence-electron chi connectivity index (χ2n) is 9.59. The number of fused-ring (bicyclic) bond motifs is 1.